The minimum atomic E-state index is -1.39. The number of hydrogen-bond acceptors (Lipinski definition) is 4. The highest BCUT2D eigenvalue weighted by atomic mass is 19.2. The summed E-state index contributed by atoms with van der Waals surface area (Å²) in [6.07, 6.45) is 18.4. The Morgan fingerprint density at radius 2 is 1.06 bits per heavy atom. The summed E-state index contributed by atoms with van der Waals surface area (Å²) >= 11 is 0. The molecule has 0 bridgehead atoms. The molecule has 0 aromatic heterocycles. The molecule has 4 nitrogen and oxygen atoms in total. The smallest absolute Gasteiger partial charge is 0.306 e. The van der Waals surface area contributed by atoms with Crippen molar-refractivity contribution >= 4 is 11.9 Å². The molecule has 1 aromatic carbocycles. The first-order chi connectivity index (χ1) is 17.0. The van der Waals surface area contributed by atoms with Crippen molar-refractivity contribution in [3.63, 3.8) is 0 Å². The van der Waals surface area contributed by atoms with Crippen molar-refractivity contribution in [1.29, 1.82) is 0 Å². The highest BCUT2D eigenvalue weighted by molar-refractivity contribution is 5.77. The molecule has 0 saturated carbocycles. The molecule has 1 aromatic rings. The molecule has 0 aliphatic heterocycles. The summed E-state index contributed by atoms with van der Waals surface area (Å²) in [4.78, 5) is 23.4. The Kier molecular flexibility index (Phi) is 17.9. The van der Waals surface area contributed by atoms with E-state index in [2.05, 4.69) is 6.92 Å². The molecule has 0 fully saturated rings. The van der Waals surface area contributed by atoms with E-state index in [1.165, 1.54) is 77.0 Å². The van der Waals surface area contributed by atoms with Crippen molar-refractivity contribution in [2.45, 2.75) is 123 Å². The van der Waals surface area contributed by atoms with Crippen molar-refractivity contribution in [3.05, 3.63) is 35.1 Å². The third-order valence-corrected chi connectivity index (χ3v) is 6.06. The number of carbonyl (C=O) groups is 2. The molecule has 0 heterocycles. The maximum absolute atomic E-state index is 13.5. The molecule has 0 aliphatic carbocycles. The van der Waals surface area contributed by atoms with Gasteiger partial charge < -0.3 is 9.47 Å². The molecule has 0 amide bonds. The van der Waals surface area contributed by atoms with Crippen LogP contribution in [0.3, 0.4) is 0 Å². The third-order valence-electron chi connectivity index (χ3n) is 6.06. The average Bonchev–Trinajstić information content (AvgIpc) is 2.84. The predicted octanol–water partition coefficient (Wildman–Crippen LogP) is 8.34. The van der Waals surface area contributed by atoms with E-state index in [1.807, 2.05) is 0 Å². The third kappa shape index (κ3) is 15.5. The number of esters is 2. The Hall–Kier alpha value is -2.05. The molecule has 7 heteroatoms. The number of halogens is 3. The van der Waals surface area contributed by atoms with Gasteiger partial charge in [0.25, 0.3) is 0 Å². The second-order valence-electron chi connectivity index (χ2n) is 9.15. The number of hydrogen-bond donors (Lipinski definition) is 0. The Morgan fingerprint density at radius 1 is 0.629 bits per heavy atom. The monoisotopic (exact) mass is 500 g/mol. The topological polar surface area (TPSA) is 52.6 Å². The molecule has 0 unspecified atom stereocenters. The lowest BCUT2D eigenvalue weighted by Crippen LogP contribution is -2.12. The maximum atomic E-state index is 13.5. The van der Waals surface area contributed by atoms with Gasteiger partial charge in [-0.25, -0.2) is 13.2 Å². The van der Waals surface area contributed by atoms with Crippen molar-refractivity contribution in [1.82, 2.24) is 0 Å². The molecule has 0 radical (unpaired) electrons. The van der Waals surface area contributed by atoms with E-state index in [-0.39, 0.29) is 12.8 Å². The van der Waals surface area contributed by atoms with Gasteiger partial charge in [-0.05, 0) is 18.6 Å². The number of rotatable bonds is 21. The van der Waals surface area contributed by atoms with Gasteiger partial charge in [-0.15, -0.1) is 0 Å². The summed E-state index contributed by atoms with van der Waals surface area (Å²) in [5, 5.41) is 0. The van der Waals surface area contributed by atoms with Crippen LogP contribution in [0.5, 0.6) is 0 Å². The zero-order valence-electron chi connectivity index (χ0n) is 21.4. The molecule has 0 aliphatic rings. The van der Waals surface area contributed by atoms with Gasteiger partial charge in [0.2, 0.25) is 0 Å². The molecule has 0 spiro atoms. The first-order valence-electron chi connectivity index (χ1n) is 13.4. The number of unbranched alkanes of at least 4 members (excludes halogenated alkanes) is 14. The Balaban J connectivity index is 1.91. The van der Waals surface area contributed by atoms with Crippen LogP contribution in [0, 0.1) is 17.5 Å². The van der Waals surface area contributed by atoms with Crippen LogP contribution in [-0.4, -0.2) is 18.5 Å². The minimum absolute atomic E-state index is 0.175. The SMILES string of the molecule is CCCCCCCCCCCCCCCCCOC(=O)CCC(=O)OCc1c(F)ccc(F)c1F. The molecule has 0 atom stereocenters. The Bertz CT molecular complexity index is 724. The lowest BCUT2D eigenvalue weighted by Gasteiger charge is -2.08. The van der Waals surface area contributed by atoms with Gasteiger partial charge in [-0.3, -0.25) is 9.59 Å². The van der Waals surface area contributed by atoms with E-state index >= 15 is 0 Å². The fourth-order valence-electron chi connectivity index (χ4n) is 3.86. The number of benzene rings is 1. The average molecular weight is 501 g/mol. The van der Waals surface area contributed by atoms with Crippen LogP contribution >= 0.6 is 0 Å². The van der Waals surface area contributed by atoms with E-state index in [9.17, 15) is 22.8 Å². The number of carbonyl (C=O) groups excluding carboxylic acids is 2. The standard InChI is InChI=1S/C28H43F3O4/c1-2-3-4-5-6-7-8-9-10-11-12-13-14-15-16-21-34-26(32)19-20-27(33)35-22-23-24(29)17-18-25(30)28(23)31/h17-18H,2-16,19-22H2,1H3. The molecule has 0 N–H and O–H groups in total. The molecule has 200 valence electrons. The van der Waals surface area contributed by atoms with Crippen LogP contribution in [0.2, 0.25) is 0 Å². The fourth-order valence-corrected chi connectivity index (χ4v) is 3.86. The zero-order chi connectivity index (χ0) is 25.7. The van der Waals surface area contributed by atoms with Gasteiger partial charge in [0, 0.05) is 0 Å². The van der Waals surface area contributed by atoms with E-state index in [1.54, 1.807) is 0 Å². The van der Waals surface area contributed by atoms with Crippen molar-refractivity contribution < 1.29 is 32.2 Å². The summed E-state index contributed by atoms with van der Waals surface area (Å²) in [5.74, 6) is -4.94. The molecule has 35 heavy (non-hydrogen) atoms. The zero-order valence-corrected chi connectivity index (χ0v) is 21.4. The summed E-state index contributed by atoms with van der Waals surface area (Å²) in [6, 6.07) is 1.42. The van der Waals surface area contributed by atoms with Crippen LogP contribution in [0.15, 0.2) is 12.1 Å². The summed E-state index contributed by atoms with van der Waals surface area (Å²) in [5.41, 5.74) is -0.658. The molecular weight excluding hydrogens is 457 g/mol. The van der Waals surface area contributed by atoms with Crippen LogP contribution < -0.4 is 0 Å². The highest BCUT2D eigenvalue weighted by Gasteiger charge is 2.16. The second kappa shape index (κ2) is 20.2. The highest BCUT2D eigenvalue weighted by Crippen LogP contribution is 2.17. The summed E-state index contributed by atoms with van der Waals surface area (Å²) in [6.45, 7) is 1.82. The first kappa shape index (κ1) is 31.0. The number of ether oxygens (including phenoxy) is 2. The van der Waals surface area contributed by atoms with Gasteiger partial charge >= 0.3 is 11.9 Å². The summed E-state index contributed by atoms with van der Waals surface area (Å²) in [7, 11) is 0. The molecule has 0 saturated heterocycles. The second-order valence-corrected chi connectivity index (χ2v) is 9.15. The lowest BCUT2D eigenvalue weighted by molar-refractivity contribution is -0.151. The van der Waals surface area contributed by atoms with Crippen molar-refractivity contribution in [2.75, 3.05) is 6.61 Å². The van der Waals surface area contributed by atoms with Crippen LogP contribution in [0.4, 0.5) is 13.2 Å². The van der Waals surface area contributed by atoms with Gasteiger partial charge in [-0.1, -0.05) is 96.8 Å². The quantitative estimate of drug-likeness (QED) is 0.0967. The Labute approximate surface area is 209 Å². The maximum Gasteiger partial charge on any atom is 0.306 e. The normalized spacial score (nSPS) is 11.0. The van der Waals surface area contributed by atoms with Gasteiger partial charge in [0.15, 0.2) is 11.6 Å². The lowest BCUT2D eigenvalue weighted by atomic mass is 10.0. The fraction of sp³-hybridized carbons (Fsp3) is 0.714. The summed E-state index contributed by atoms with van der Waals surface area (Å²) < 4.78 is 50.0. The van der Waals surface area contributed by atoms with Crippen LogP contribution in [0.1, 0.15) is 122 Å². The van der Waals surface area contributed by atoms with Gasteiger partial charge in [0.1, 0.15) is 12.4 Å². The van der Waals surface area contributed by atoms with Gasteiger partial charge in [-0.2, -0.15) is 0 Å². The van der Waals surface area contributed by atoms with Crippen LogP contribution in [-0.2, 0) is 25.7 Å². The van der Waals surface area contributed by atoms with E-state index in [0.717, 1.165) is 25.3 Å². The van der Waals surface area contributed by atoms with E-state index in [4.69, 9.17) is 9.47 Å². The minimum Gasteiger partial charge on any atom is -0.466 e. The largest absolute Gasteiger partial charge is 0.466 e. The van der Waals surface area contributed by atoms with E-state index in [0.29, 0.717) is 12.7 Å². The van der Waals surface area contributed by atoms with Crippen molar-refractivity contribution in [2.24, 2.45) is 0 Å². The molecule has 1 rings (SSSR count). The van der Waals surface area contributed by atoms with Gasteiger partial charge in [0.05, 0.1) is 25.0 Å². The van der Waals surface area contributed by atoms with Crippen LogP contribution in [0.25, 0.3) is 0 Å². The Morgan fingerprint density at radius 3 is 1.57 bits per heavy atom. The first-order valence-corrected chi connectivity index (χ1v) is 13.4. The van der Waals surface area contributed by atoms with E-state index < -0.39 is 41.6 Å². The van der Waals surface area contributed by atoms with Crippen molar-refractivity contribution in [3.8, 4) is 0 Å². The predicted molar refractivity (Wildman–Crippen MR) is 131 cm³/mol. The molecular formula is C28H43F3O4.